The van der Waals surface area contributed by atoms with Crippen molar-refractivity contribution in [3.63, 3.8) is 0 Å². The van der Waals surface area contributed by atoms with Gasteiger partial charge in [0.2, 0.25) is 11.8 Å². The number of halogens is 2. The third kappa shape index (κ3) is 3.79. The highest BCUT2D eigenvalue weighted by molar-refractivity contribution is 6.31. The lowest BCUT2D eigenvalue weighted by Crippen LogP contribution is -2.49. The van der Waals surface area contributed by atoms with E-state index in [1.807, 2.05) is 12.1 Å². The number of hydrogen-bond acceptors (Lipinski definition) is 3. The predicted octanol–water partition coefficient (Wildman–Crippen LogP) is 2.06. The lowest BCUT2D eigenvalue weighted by atomic mass is 10.0. The van der Waals surface area contributed by atoms with Crippen LogP contribution in [0.15, 0.2) is 24.3 Å². The van der Waals surface area contributed by atoms with E-state index < -0.39 is 5.92 Å². The Kier molecular flexibility index (Phi) is 5.89. The van der Waals surface area contributed by atoms with Gasteiger partial charge in [-0.15, -0.1) is 12.4 Å². The molecule has 0 radical (unpaired) electrons. The molecule has 2 heterocycles. The number of nitrogens with zero attached hydrogens (tertiary/aromatic N) is 2. The minimum atomic E-state index is -0.579. The molecule has 2 aliphatic rings. The van der Waals surface area contributed by atoms with Gasteiger partial charge in [-0.3, -0.25) is 9.59 Å². The third-order valence-corrected chi connectivity index (χ3v) is 4.63. The largest absolute Gasteiger partial charge is 0.340 e. The average molecular weight is 358 g/mol. The van der Waals surface area contributed by atoms with Crippen molar-refractivity contribution >= 4 is 41.5 Å². The van der Waals surface area contributed by atoms with Crippen molar-refractivity contribution in [1.29, 1.82) is 0 Å². The predicted molar refractivity (Wildman–Crippen MR) is 92.9 cm³/mol. The summed E-state index contributed by atoms with van der Waals surface area (Å²) in [5.74, 6) is -0.791. The number of carbonyl (C=O) groups is 2. The van der Waals surface area contributed by atoms with Crippen LogP contribution in [0, 0.1) is 5.92 Å². The third-order valence-electron chi connectivity index (χ3n) is 4.39. The van der Waals surface area contributed by atoms with Crippen LogP contribution in [-0.2, 0) is 9.59 Å². The Hall–Kier alpha value is -1.30. The lowest BCUT2D eigenvalue weighted by molar-refractivity contribution is -0.140. The summed E-state index contributed by atoms with van der Waals surface area (Å²) in [7, 11) is 0. The second-order valence-electron chi connectivity index (χ2n) is 6.00. The molecule has 0 saturated carbocycles. The van der Waals surface area contributed by atoms with Crippen LogP contribution in [-0.4, -0.2) is 42.4 Å². The Bertz CT molecular complexity index is 596. The molecule has 1 aromatic rings. The van der Waals surface area contributed by atoms with Gasteiger partial charge in [0.25, 0.3) is 0 Å². The standard InChI is InChI=1S/C16H20ClN3O2.ClH/c17-11-3-1-5-13(9-11)20-8-6-14(16(20)22)15(21)19-7-2-4-12(18)10-19;/h1,3,5,9,12,14H,2,4,6-8,10,18H2;1H. The summed E-state index contributed by atoms with van der Waals surface area (Å²) < 4.78 is 0. The molecule has 0 bridgehead atoms. The molecule has 5 nitrogen and oxygen atoms in total. The molecule has 126 valence electrons. The molecular formula is C16H21Cl2N3O2. The number of likely N-dealkylation sites (tertiary alicyclic amines) is 1. The van der Waals surface area contributed by atoms with Gasteiger partial charge in [0.15, 0.2) is 0 Å². The molecule has 2 aliphatic heterocycles. The van der Waals surface area contributed by atoms with E-state index in [0.717, 1.165) is 18.5 Å². The van der Waals surface area contributed by atoms with Crippen LogP contribution in [0.25, 0.3) is 0 Å². The van der Waals surface area contributed by atoms with Gasteiger partial charge in [0.1, 0.15) is 5.92 Å². The molecule has 0 spiro atoms. The van der Waals surface area contributed by atoms with Crippen molar-refractivity contribution in [2.45, 2.75) is 25.3 Å². The number of piperidine rings is 1. The number of nitrogens with two attached hydrogens (primary N) is 1. The van der Waals surface area contributed by atoms with Crippen molar-refractivity contribution < 1.29 is 9.59 Å². The van der Waals surface area contributed by atoms with Crippen LogP contribution in [0.5, 0.6) is 0 Å². The molecule has 2 fully saturated rings. The molecule has 1 aromatic carbocycles. The van der Waals surface area contributed by atoms with Gasteiger partial charge in [0, 0.05) is 36.4 Å². The summed E-state index contributed by atoms with van der Waals surface area (Å²) in [4.78, 5) is 28.6. The fourth-order valence-corrected chi connectivity index (χ4v) is 3.42. The van der Waals surface area contributed by atoms with Crippen molar-refractivity contribution in [3.05, 3.63) is 29.3 Å². The van der Waals surface area contributed by atoms with Gasteiger partial charge in [-0.25, -0.2) is 0 Å². The van der Waals surface area contributed by atoms with Crippen molar-refractivity contribution in [2.75, 3.05) is 24.5 Å². The van der Waals surface area contributed by atoms with Crippen LogP contribution in [0.1, 0.15) is 19.3 Å². The Labute approximate surface area is 147 Å². The number of carbonyl (C=O) groups excluding carboxylic acids is 2. The molecule has 23 heavy (non-hydrogen) atoms. The number of anilines is 1. The van der Waals surface area contributed by atoms with Crippen LogP contribution >= 0.6 is 24.0 Å². The van der Waals surface area contributed by atoms with E-state index in [1.54, 1.807) is 21.9 Å². The smallest absolute Gasteiger partial charge is 0.239 e. The lowest BCUT2D eigenvalue weighted by Gasteiger charge is -2.32. The monoisotopic (exact) mass is 357 g/mol. The summed E-state index contributed by atoms with van der Waals surface area (Å²) in [5, 5.41) is 0.585. The van der Waals surface area contributed by atoms with Gasteiger partial charge in [-0.1, -0.05) is 17.7 Å². The second kappa shape index (κ2) is 7.51. The SMILES string of the molecule is Cl.NC1CCCN(C(=O)C2CCN(c3cccc(Cl)c3)C2=O)C1. The molecule has 2 amide bonds. The minimum absolute atomic E-state index is 0. The van der Waals surface area contributed by atoms with Crippen LogP contribution in [0.3, 0.4) is 0 Å². The van der Waals surface area contributed by atoms with E-state index in [0.29, 0.717) is 31.1 Å². The fraction of sp³-hybridized carbons (Fsp3) is 0.500. The molecule has 0 aliphatic carbocycles. The molecule has 7 heteroatoms. The van der Waals surface area contributed by atoms with Crippen LogP contribution < -0.4 is 10.6 Å². The first-order chi connectivity index (χ1) is 10.6. The summed E-state index contributed by atoms with van der Waals surface area (Å²) in [6, 6.07) is 7.20. The highest BCUT2D eigenvalue weighted by Gasteiger charge is 2.40. The van der Waals surface area contributed by atoms with E-state index in [2.05, 4.69) is 0 Å². The van der Waals surface area contributed by atoms with Gasteiger partial charge in [0.05, 0.1) is 0 Å². The van der Waals surface area contributed by atoms with E-state index in [4.69, 9.17) is 17.3 Å². The average Bonchev–Trinajstić information content (AvgIpc) is 2.88. The van der Waals surface area contributed by atoms with Crippen molar-refractivity contribution in [2.24, 2.45) is 11.7 Å². The van der Waals surface area contributed by atoms with Crippen LogP contribution in [0.2, 0.25) is 5.02 Å². The first-order valence-electron chi connectivity index (χ1n) is 7.67. The van der Waals surface area contributed by atoms with E-state index >= 15 is 0 Å². The zero-order valence-corrected chi connectivity index (χ0v) is 14.4. The maximum atomic E-state index is 12.6. The van der Waals surface area contributed by atoms with Crippen molar-refractivity contribution in [1.82, 2.24) is 4.90 Å². The van der Waals surface area contributed by atoms with E-state index in [-0.39, 0.29) is 30.3 Å². The highest BCUT2D eigenvalue weighted by Crippen LogP contribution is 2.28. The van der Waals surface area contributed by atoms with Gasteiger partial charge in [-0.2, -0.15) is 0 Å². The molecule has 2 unspecified atom stereocenters. The first kappa shape index (κ1) is 18.0. The molecule has 2 saturated heterocycles. The second-order valence-corrected chi connectivity index (χ2v) is 6.43. The van der Waals surface area contributed by atoms with Crippen molar-refractivity contribution in [3.8, 4) is 0 Å². The Morgan fingerprint density at radius 2 is 2.04 bits per heavy atom. The number of benzene rings is 1. The summed E-state index contributed by atoms with van der Waals surface area (Å²) >= 11 is 5.98. The van der Waals surface area contributed by atoms with Gasteiger partial charge < -0.3 is 15.5 Å². The number of hydrogen-bond donors (Lipinski definition) is 1. The fourth-order valence-electron chi connectivity index (χ4n) is 3.24. The maximum Gasteiger partial charge on any atom is 0.239 e. The molecule has 3 rings (SSSR count). The number of amides is 2. The topological polar surface area (TPSA) is 66.6 Å². The normalized spacial score (nSPS) is 24.5. The summed E-state index contributed by atoms with van der Waals surface area (Å²) in [6.45, 7) is 1.81. The molecular weight excluding hydrogens is 337 g/mol. The molecule has 0 aromatic heterocycles. The first-order valence-corrected chi connectivity index (χ1v) is 8.05. The quantitative estimate of drug-likeness (QED) is 0.823. The molecule has 2 atom stereocenters. The van der Waals surface area contributed by atoms with Crippen LogP contribution in [0.4, 0.5) is 5.69 Å². The molecule has 2 N–H and O–H groups in total. The Morgan fingerprint density at radius 3 is 2.74 bits per heavy atom. The zero-order chi connectivity index (χ0) is 15.7. The van der Waals surface area contributed by atoms with E-state index in [9.17, 15) is 9.59 Å². The van der Waals surface area contributed by atoms with Gasteiger partial charge in [-0.05, 0) is 37.5 Å². The zero-order valence-electron chi connectivity index (χ0n) is 12.8. The highest BCUT2D eigenvalue weighted by atomic mass is 35.5. The summed E-state index contributed by atoms with van der Waals surface area (Å²) in [5.41, 5.74) is 6.68. The Balaban J connectivity index is 0.00000192. The maximum absolute atomic E-state index is 12.6. The summed E-state index contributed by atoms with van der Waals surface area (Å²) in [6.07, 6.45) is 2.40. The number of rotatable bonds is 2. The van der Waals surface area contributed by atoms with Gasteiger partial charge >= 0.3 is 0 Å². The minimum Gasteiger partial charge on any atom is -0.340 e. The van der Waals surface area contributed by atoms with E-state index in [1.165, 1.54) is 0 Å². The Morgan fingerprint density at radius 1 is 1.26 bits per heavy atom.